The fraction of sp³-hybridized carbons (Fsp3) is 0.786. The maximum absolute atomic E-state index is 10.8. The first-order valence-electron chi connectivity index (χ1n) is 6.85. The summed E-state index contributed by atoms with van der Waals surface area (Å²) in [6, 6.07) is 2.36. The number of hydrogen-bond acceptors (Lipinski definition) is 4. The maximum Gasteiger partial charge on any atom is 0.331 e. The number of rotatable bonds is 1. The lowest BCUT2D eigenvalue weighted by Gasteiger charge is -2.08. The van der Waals surface area contributed by atoms with Gasteiger partial charge in [-0.15, -0.1) is 0 Å². The molecule has 1 saturated carbocycles. The Kier molecular flexibility index (Phi) is 7.09. The second kappa shape index (κ2) is 8.68. The van der Waals surface area contributed by atoms with Crippen LogP contribution in [0.25, 0.3) is 0 Å². The fourth-order valence-electron chi connectivity index (χ4n) is 2.21. The van der Waals surface area contributed by atoms with Crippen molar-refractivity contribution < 1.29 is 9.63 Å². The molecule has 18 heavy (non-hydrogen) atoms. The minimum absolute atomic E-state index is 0.116. The molecule has 0 aromatic rings. The molecule has 0 saturated heterocycles. The first-order valence-corrected chi connectivity index (χ1v) is 6.85. The van der Waals surface area contributed by atoms with Crippen LogP contribution in [0.4, 0.5) is 0 Å². The van der Waals surface area contributed by atoms with Crippen LogP contribution in [0, 0.1) is 17.2 Å². The summed E-state index contributed by atoms with van der Waals surface area (Å²) in [4.78, 5) is 15.5. The van der Waals surface area contributed by atoms with E-state index in [-0.39, 0.29) is 11.9 Å². The molecular weight excluding hydrogens is 228 g/mol. The topological polar surface area (TPSA) is 62.4 Å². The summed E-state index contributed by atoms with van der Waals surface area (Å²) in [7, 11) is 0. The first kappa shape index (κ1) is 14.7. The number of nitriles is 1. The maximum atomic E-state index is 10.8. The highest BCUT2D eigenvalue weighted by Crippen LogP contribution is 2.19. The predicted octanol–water partition coefficient (Wildman–Crippen LogP) is 3.57. The third-order valence-corrected chi connectivity index (χ3v) is 3.29. The van der Waals surface area contributed by atoms with E-state index < -0.39 is 0 Å². The van der Waals surface area contributed by atoms with E-state index in [1.54, 1.807) is 0 Å². The SMILES string of the molecule is CC(=O)O/N=C1\CCCCCCCC(C#N)CC1. The van der Waals surface area contributed by atoms with Gasteiger partial charge in [0.15, 0.2) is 0 Å². The predicted molar refractivity (Wildman–Crippen MR) is 69.9 cm³/mol. The van der Waals surface area contributed by atoms with E-state index in [9.17, 15) is 4.79 Å². The van der Waals surface area contributed by atoms with Crippen molar-refractivity contribution in [3.8, 4) is 6.07 Å². The lowest BCUT2D eigenvalue weighted by atomic mass is 9.96. The molecule has 0 N–H and O–H groups in total. The van der Waals surface area contributed by atoms with Gasteiger partial charge in [0.2, 0.25) is 0 Å². The van der Waals surface area contributed by atoms with Gasteiger partial charge in [-0.05, 0) is 32.1 Å². The Balaban J connectivity index is 2.55. The van der Waals surface area contributed by atoms with Crippen molar-refractivity contribution in [1.82, 2.24) is 0 Å². The van der Waals surface area contributed by atoms with Crippen molar-refractivity contribution in [3.63, 3.8) is 0 Å². The highest BCUT2D eigenvalue weighted by atomic mass is 16.7. The minimum atomic E-state index is -0.381. The Morgan fingerprint density at radius 2 is 1.94 bits per heavy atom. The van der Waals surface area contributed by atoms with Crippen molar-refractivity contribution >= 4 is 11.7 Å². The highest BCUT2D eigenvalue weighted by molar-refractivity contribution is 5.84. The molecule has 1 atom stereocenters. The van der Waals surface area contributed by atoms with E-state index in [1.807, 2.05) is 0 Å². The van der Waals surface area contributed by atoms with Crippen molar-refractivity contribution in [1.29, 1.82) is 5.26 Å². The molecule has 0 spiro atoms. The van der Waals surface area contributed by atoms with Gasteiger partial charge in [-0.1, -0.05) is 30.8 Å². The van der Waals surface area contributed by atoms with Gasteiger partial charge in [0.25, 0.3) is 0 Å². The van der Waals surface area contributed by atoms with Crippen molar-refractivity contribution in [2.75, 3.05) is 0 Å². The van der Waals surface area contributed by atoms with Crippen LogP contribution in [0.2, 0.25) is 0 Å². The lowest BCUT2D eigenvalue weighted by Crippen LogP contribution is -2.05. The largest absolute Gasteiger partial charge is 0.331 e. The molecule has 0 heterocycles. The van der Waals surface area contributed by atoms with Gasteiger partial charge in [0, 0.05) is 12.8 Å². The molecule has 0 bridgehead atoms. The van der Waals surface area contributed by atoms with E-state index in [0.717, 1.165) is 44.2 Å². The fourth-order valence-corrected chi connectivity index (χ4v) is 2.21. The molecule has 0 aromatic carbocycles. The summed E-state index contributed by atoms with van der Waals surface area (Å²) >= 11 is 0. The Labute approximate surface area is 109 Å². The van der Waals surface area contributed by atoms with Gasteiger partial charge in [-0.2, -0.15) is 5.26 Å². The standard InChI is InChI=1S/C14H22N2O2/c1-12(17)18-16-14-8-6-4-2-3-5-7-13(11-15)9-10-14/h13H,2-10H2,1H3/b16-14+. The number of carbonyl (C=O) groups is 1. The number of carbonyl (C=O) groups excluding carboxylic acids is 1. The second-order valence-electron chi connectivity index (χ2n) is 4.91. The summed E-state index contributed by atoms with van der Waals surface area (Å²) in [6.07, 6.45) is 9.33. The van der Waals surface area contributed by atoms with Gasteiger partial charge in [-0.25, -0.2) is 4.79 Å². The number of nitrogens with zero attached hydrogens (tertiary/aromatic N) is 2. The van der Waals surface area contributed by atoms with Crippen LogP contribution in [0.3, 0.4) is 0 Å². The molecule has 1 aliphatic rings. The molecule has 1 fully saturated rings. The molecule has 0 amide bonds. The molecular formula is C14H22N2O2. The van der Waals surface area contributed by atoms with Crippen LogP contribution in [-0.2, 0) is 9.63 Å². The lowest BCUT2D eigenvalue weighted by molar-refractivity contribution is -0.140. The van der Waals surface area contributed by atoms with Crippen molar-refractivity contribution in [2.24, 2.45) is 11.1 Å². The average Bonchev–Trinajstić information content (AvgIpc) is 2.40. The third kappa shape index (κ3) is 6.39. The van der Waals surface area contributed by atoms with Crippen molar-refractivity contribution in [2.45, 2.75) is 64.7 Å². The molecule has 0 aromatic heterocycles. The monoisotopic (exact) mass is 250 g/mol. The van der Waals surface area contributed by atoms with Crippen molar-refractivity contribution in [3.05, 3.63) is 0 Å². The molecule has 0 aliphatic heterocycles. The molecule has 1 aliphatic carbocycles. The smallest absolute Gasteiger partial charge is 0.319 e. The summed E-state index contributed by atoms with van der Waals surface area (Å²) < 4.78 is 0. The quantitative estimate of drug-likeness (QED) is 0.528. The first-order chi connectivity index (χ1) is 8.72. The molecule has 4 heteroatoms. The summed E-state index contributed by atoms with van der Waals surface area (Å²) in [5.41, 5.74) is 0.923. The van der Waals surface area contributed by atoms with E-state index in [1.165, 1.54) is 26.2 Å². The van der Waals surface area contributed by atoms with Gasteiger partial charge >= 0.3 is 5.97 Å². The average molecular weight is 250 g/mol. The van der Waals surface area contributed by atoms with E-state index in [4.69, 9.17) is 10.1 Å². The zero-order chi connectivity index (χ0) is 13.2. The normalized spacial score (nSPS) is 24.9. The number of hydrogen-bond donors (Lipinski definition) is 0. The Morgan fingerprint density at radius 1 is 1.22 bits per heavy atom. The van der Waals surface area contributed by atoms with Crippen LogP contribution in [0.1, 0.15) is 64.7 Å². The van der Waals surface area contributed by atoms with Crippen LogP contribution in [-0.4, -0.2) is 11.7 Å². The number of oxime groups is 1. The van der Waals surface area contributed by atoms with Gasteiger partial charge in [0.05, 0.1) is 11.8 Å². The minimum Gasteiger partial charge on any atom is -0.319 e. The van der Waals surface area contributed by atoms with E-state index in [2.05, 4.69) is 11.2 Å². The van der Waals surface area contributed by atoms with E-state index >= 15 is 0 Å². The zero-order valence-corrected chi connectivity index (χ0v) is 11.2. The Morgan fingerprint density at radius 3 is 2.67 bits per heavy atom. The van der Waals surface area contributed by atoms with Crippen LogP contribution >= 0.6 is 0 Å². The summed E-state index contributed by atoms with van der Waals surface area (Å²) in [6.45, 7) is 1.35. The molecule has 4 nitrogen and oxygen atoms in total. The van der Waals surface area contributed by atoms with Crippen LogP contribution in [0.15, 0.2) is 5.16 Å². The second-order valence-corrected chi connectivity index (χ2v) is 4.91. The molecule has 100 valence electrons. The highest BCUT2D eigenvalue weighted by Gasteiger charge is 2.11. The molecule has 1 unspecified atom stereocenters. The Hall–Kier alpha value is -1.37. The van der Waals surface area contributed by atoms with E-state index in [0.29, 0.717) is 0 Å². The third-order valence-electron chi connectivity index (χ3n) is 3.29. The van der Waals surface area contributed by atoms with Crippen LogP contribution < -0.4 is 0 Å². The van der Waals surface area contributed by atoms with Gasteiger partial charge in [-0.3, -0.25) is 0 Å². The zero-order valence-electron chi connectivity index (χ0n) is 11.2. The molecule has 1 rings (SSSR count). The Bertz CT molecular complexity index is 331. The summed E-state index contributed by atoms with van der Waals surface area (Å²) in [5.74, 6) is -0.265. The molecule has 0 radical (unpaired) electrons. The summed E-state index contributed by atoms with van der Waals surface area (Å²) in [5, 5.41) is 13.0. The van der Waals surface area contributed by atoms with Gasteiger partial charge < -0.3 is 4.84 Å². The van der Waals surface area contributed by atoms with Gasteiger partial charge in [0.1, 0.15) is 0 Å². The van der Waals surface area contributed by atoms with Crippen LogP contribution in [0.5, 0.6) is 0 Å².